The van der Waals surface area contributed by atoms with Gasteiger partial charge in [0.15, 0.2) is 17.5 Å². The molecule has 9 rings (SSSR count). The molecule has 230 valence electrons. The summed E-state index contributed by atoms with van der Waals surface area (Å²) in [6, 6.07) is 61.7. The number of hydrogen-bond donors (Lipinski definition) is 0. The van der Waals surface area contributed by atoms with E-state index >= 15 is 0 Å². The molecule has 0 spiro atoms. The fourth-order valence-corrected chi connectivity index (χ4v) is 7.47. The van der Waals surface area contributed by atoms with Gasteiger partial charge < -0.3 is 0 Å². The third-order valence-electron chi connectivity index (χ3n) is 8.95. The van der Waals surface area contributed by atoms with E-state index in [9.17, 15) is 0 Å². The van der Waals surface area contributed by atoms with Gasteiger partial charge in [0.05, 0.1) is 0 Å². The zero-order valence-electron chi connectivity index (χ0n) is 26.5. The minimum Gasteiger partial charge on any atom is -0.208 e. The van der Waals surface area contributed by atoms with Crippen molar-refractivity contribution in [3.63, 3.8) is 0 Å². The topological polar surface area (TPSA) is 38.7 Å². The standard InChI is InChI=1S/C45H29N3S/c1-3-11-30(12-4-1)34-23-24-36-28-38(26-25-35(36)27-34)44-46-43(33-21-19-32(20-22-33)42-29-37-15-7-10-18-41(37)49-42)47-45(48-44)40-17-9-8-16-39(40)31-13-5-2-6-14-31/h1-29H. The van der Waals surface area contributed by atoms with Crippen molar-refractivity contribution in [1.29, 1.82) is 0 Å². The summed E-state index contributed by atoms with van der Waals surface area (Å²) < 4.78 is 1.29. The van der Waals surface area contributed by atoms with Crippen LogP contribution in [0.2, 0.25) is 0 Å². The van der Waals surface area contributed by atoms with Crippen LogP contribution in [-0.2, 0) is 0 Å². The molecule has 0 saturated carbocycles. The van der Waals surface area contributed by atoms with Crippen molar-refractivity contribution in [3.05, 3.63) is 176 Å². The van der Waals surface area contributed by atoms with E-state index in [2.05, 4.69) is 158 Å². The van der Waals surface area contributed by atoms with Gasteiger partial charge in [0.1, 0.15) is 0 Å². The third kappa shape index (κ3) is 5.69. The Balaban J connectivity index is 1.16. The number of hydrogen-bond acceptors (Lipinski definition) is 4. The maximum Gasteiger partial charge on any atom is 0.164 e. The molecule has 3 nitrogen and oxygen atoms in total. The molecule has 0 N–H and O–H groups in total. The summed E-state index contributed by atoms with van der Waals surface area (Å²) in [5, 5.41) is 3.58. The number of rotatable bonds is 6. The lowest BCUT2D eigenvalue weighted by atomic mass is 9.98. The maximum atomic E-state index is 5.13. The van der Waals surface area contributed by atoms with E-state index < -0.39 is 0 Å². The first-order valence-corrected chi connectivity index (χ1v) is 17.2. The van der Waals surface area contributed by atoms with Gasteiger partial charge in [0.25, 0.3) is 0 Å². The van der Waals surface area contributed by atoms with Gasteiger partial charge in [-0.25, -0.2) is 15.0 Å². The van der Waals surface area contributed by atoms with Crippen LogP contribution >= 0.6 is 11.3 Å². The Morgan fingerprint density at radius 2 is 0.837 bits per heavy atom. The second kappa shape index (κ2) is 12.4. The molecule has 7 aromatic carbocycles. The predicted octanol–water partition coefficient (Wildman–Crippen LogP) is 12.2. The second-order valence-electron chi connectivity index (χ2n) is 12.1. The molecule has 0 saturated heterocycles. The van der Waals surface area contributed by atoms with Crippen LogP contribution in [0.5, 0.6) is 0 Å². The zero-order chi connectivity index (χ0) is 32.6. The van der Waals surface area contributed by atoms with Crippen LogP contribution in [0.1, 0.15) is 0 Å². The summed E-state index contributed by atoms with van der Waals surface area (Å²) >= 11 is 1.81. The Morgan fingerprint density at radius 3 is 1.57 bits per heavy atom. The summed E-state index contributed by atoms with van der Waals surface area (Å²) in [6.45, 7) is 0. The molecule has 9 aromatic rings. The van der Waals surface area contributed by atoms with E-state index in [-0.39, 0.29) is 0 Å². The van der Waals surface area contributed by atoms with Crippen molar-refractivity contribution in [3.8, 4) is 66.9 Å². The lowest BCUT2D eigenvalue weighted by Gasteiger charge is -2.12. The van der Waals surface area contributed by atoms with Gasteiger partial charge >= 0.3 is 0 Å². The molecule has 2 heterocycles. The van der Waals surface area contributed by atoms with Gasteiger partial charge in [0, 0.05) is 26.3 Å². The van der Waals surface area contributed by atoms with Crippen LogP contribution in [0.15, 0.2) is 176 Å². The predicted molar refractivity (Wildman–Crippen MR) is 205 cm³/mol. The van der Waals surface area contributed by atoms with Crippen LogP contribution in [-0.4, -0.2) is 15.0 Å². The van der Waals surface area contributed by atoms with Gasteiger partial charge in [-0.2, -0.15) is 0 Å². The molecular weight excluding hydrogens is 615 g/mol. The third-order valence-corrected chi connectivity index (χ3v) is 10.1. The summed E-state index contributed by atoms with van der Waals surface area (Å²) in [5.74, 6) is 1.93. The largest absolute Gasteiger partial charge is 0.208 e. The average molecular weight is 644 g/mol. The molecule has 0 bridgehead atoms. The quantitative estimate of drug-likeness (QED) is 0.181. The molecule has 4 heteroatoms. The minimum absolute atomic E-state index is 0.644. The smallest absolute Gasteiger partial charge is 0.164 e. The maximum absolute atomic E-state index is 5.13. The van der Waals surface area contributed by atoms with Crippen LogP contribution in [0, 0.1) is 0 Å². The van der Waals surface area contributed by atoms with Crippen molar-refractivity contribution >= 4 is 32.2 Å². The highest BCUT2D eigenvalue weighted by molar-refractivity contribution is 7.22. The lowest BCUT2D eigenvalue weighted by molar-refractivity contribution is 1.07. The van der Waals surface area contributed by atoms with E-state index in [4.69, 9.17) is 15.0 Å². The molecule has 0 unspecified atom stereocenters. The molecule has 0 atom stereocenters. The van der Waals surface area contributed by atoms with Gasteiger partial charge in [-0.3, -0.25) is 0 Å². The van der Waals surface area contributed by atoms with E-state index in [1.807, 2.05) is 29.5 Å². The molecule has 0 aliphatic carbocycles. The molecule has 0 aliphatic heterocycles. The monoisotopic (exact) mass is 643 g/mol. The number of nitrogens with zero attached hydrogens (tertiary/aromatic N) is 3. The fraction of sp³-hybridized carbons (Fsp3) is 0. The summed E-state index contributed by atoms with van der Waals surface area (Å²) in [5.41, 5.74) is 8.64. The van der Waals surface area contributed by atoms with Crippen LogP contribution < -0.4 is 0 Å². The molecule has 0 radical (unpaired) electrons. The fourth-order valence-electron chi connectivity index (χ4n) is 6.40. The molecule has 0 aliphatic rings. The van der Waals surface area contributed by atoms with Crippen molar-refractivity contribution < 1.29 is 0 Å². The molecular formula is C45H29N3S. The summed E-state index contributed by atoms with van der Waals surface area (Å²) in [4.78, 5) is 16.6. The second-order valence-corrected chi connectivity index (χ2v) is 13.2. The Kier molecular flexibility index (Phi) is 7.34. The Bertz CT molecular complexity index is 2560. The van der Waals surface area contributed by atoms with Crippen LogP contribution in [0.3, 0.4) is 0 Å². The van der Waals surface area contributed by atoms with E-state index in [0.717, 1.165) is 33.2 Å². The molecule has 2 aromatic heterocycles. The highest BCUT2D eigenvalue weighted by Crippen LogP contribution is 2.36. The Morgan fingerprint density at radius 1 is 0.306 bits per heavy atom. The molecule has 0 amide bonds. The highest BCUT2D eigenvalue weighted by atomic mass is 32.1. The van der Waals surface area contributed by atoms with Crippen molar-refractivity contribution in [1.82, 2.24) is 15.0 Å². The minimum atomic E-state index is 0.644. The van der Waals surface area contributed by atoms with Gasteiger partial charge in [-0.15, -0.1) is 11.3 Å². The number of aromatic nitrogens is 3. The van der Waals surface area contributed by atoms with Crippen LogP contribution in [0.25, 0.3) is 87.7 Å². The van der Waals surface area contributed by atoms with Gasteiger partial charge in [-0.05, 0) is 68.2 Å². The summed E-state index contributed by atoms with van der Waals surface area (Å²) in [6.07, 6.45) is 0. The first-order chi connectivity index (χ1) is 24.2. The Hall–Kier alpha value is -6.23. The first kappa shape index (κ1) is 29.0. The number of fused-ring (bicyclic) bond motifs is 2. The summed E-state index contributed by atoms with van der Waals surface area (Å²) in [7, 11) is 0. The van der Waals surface area contributed by atoms with Gasteiger partial charge in [0.2, 0.25) is 0 Å². The van der Waals surface area contributed by atoms with Crippen molar-refractivity contribution in [2.45, 2.75) is 0 Å². The first-order valence-electron chi connectivity index (χ1n) is 16.4. The van der Waals surface area contributed by atoms with E-state index in [1.54, 1.807) is 0 Å². The normalized spacial score (nSPS) is 11.3. The van der Waals surface area contributed by atoms with Gasteiger partial charge in [-0.1, -0.05) is 152 Å². The van der Waals surface area contributed by atoms with Crippen LogP contribution in [0.4, 0.5) is 0 Å². The average Bonchev–Trinajstić information content (AvgIpc) is 3.63. The van der Waals surface area contributed by atoms with Crippen molar-refractivity contribution in [2.75, 3.05) is 0 Å². The van der Waals surface area contributed by atoms with Crippen molar-refractivity contribution in [2.24, 2.45) is 0 Å². The highest BCUT2D eigenvalue weighted by Gasteiger charge is 2.16. The lowest BCUT2D eigenvalue weighted by Crippen LogP contribution is -2.01. The SMILES string of the molecule is c1ccc(-c2ccc3cc(-c4nc(-c5ccc(-c6cc7ccccc7s6)cc5)nc(-c5ccccc5-c5ccccc5)n4)ccc3c2)cc1. The van der Waals surface area contributed by atoms with E-state index in [0.29, 0.717) is 17.5 Å². The number of thiophene rings is 1. The van der Waals surface area contributed by atoms with E-state index in [1.165, 1.54) is 37.0 Å². The Labute approximate surface area is 288 Å². The molecule has 0 fully saturated rings. The molecule has 49 heavy (non-hydrogen) atoms. The number of benzene rings is 7. The zero-order valence-corrected chi connectivity index (χ0v) is 27.3.